The molecule has 1 amide bonds. The number of nitrogens with two attached hydrogens (primary N) is 2. The number of aromatic amines is 1. The minimum absolute atomic E-state index is 0.409. The summed E-state index contributed by atoms with van der Waals surface area (Å²) in [5.41, 5.74) is 12.9. The maximum Gasteiger partial charge on any atom is 0.252 e. The number of carbonyl (C=O) groups is 1. The van der Waals surface area contributed by atoms with Gasteiger partial charge in [-0.1, -0.05) is 51.4 Å². The van der Waals surface area contributed by atoms with Gasteiger partial charge in [-0.3, -0.25) is 4.79 Å². The third-order valence-corrected chi connectivity index (χ3v) is 4.48. The number of nitrogen functional groups attached to an aromatic ring is 1. The summed E-state index contributed by atoms with van der Waals surface area (Å²) >= 11 is 0. The first-order valence-corrected chi connectivity index (χ1v) is 7.96. The minimum Gasteiger partial charge on any atom is -0.385 e. The standard InChI is InChI=1S/C16H27N3O/c17-15-14(16(18)20)13(11-19-15)12-9-7-5-3-1-2-4-6-8-10-12/h11-12,19H,1-10,17H2,(H2,18,20). The van der Waals surface area contributed by atoms with Gasteiger partial charge in [-0.2, -0.15) is 0 Å². The van der Waals surface area contributed by atoms with Crippen molar-refractivity contribution in [3.8, 4) is 0 Å². The molecule has 2 rings (SSSR count). The van der Waals surface area contributed by atoms with Crippen LogP contribution in [0.5, 0.6) is 0 Å². The second-order valence-corrected chi connectivity index (χ2v) is 6.00. The SMILES string of the molecule is NC(=O)c1c(C2CCCCCCCCCC2)c[nH]c1N. The van der Waals surface area contributed by atoms with Crippen LogP contribution in [0.3, 0.4) is 0 Å². The van der Waals surface area contributed by atoms with Crippen molar-refractivity contribution in [2.45, 2.75) is 70.1 Å². The Balaban J connectivity index is 2.12. The van der Waals surface area contributed by atoms with Gasteiger partial charge < -0.3 is 16.5 Å². The number of nitrogens with one attached hydrogen (secondary N) is 1. The molecule has 0 unspecified atom stereocenters. The number of rotatable bonds is 2. The fraction of sp³-hybridized carbons (Fsp3) is 0.688. The van der Waals surface area contributed by atoms with Crippen molar-refractivity contribution in [2.75, 3.05) is 5.73 Å². The summed E-state index contributed by atoms with van der Waals surface area (Å²) in [6.45, 7) is 0. The van der Waals surface area contributed by atoms with Crippen LogP contribution in [0, 0.1) is 0 Å². The maximum absolute atomic E-state index is 11.6. The molecule has 4 nitrogen and oxygen atoms in total. The molecule has 0 bridgehead atoms. The predicted octanol–water partition coefficient (Wildman–Crippen LogP) is 3.69. The average molecular weight is 277 g/mol. The summed E-state index contributed by atoms with van der Waals surface area (Å²) in [6.07, 6.45) is 14.6. The van der Waals surface area contributed by atoms with Gasteiger partial charge in [0.1, 0.15) is 5.82 Å². The Morgan fingerprint density at radius 1 is 1.00 bits per heavy atom. The second-order valence-electron chi connectivity index (χ2n) is 6.00. The molecule has 1 aromatic rings. The zero-order valence-corrected chi connectivity index (χ0v) is 12.3. The quantitative estimate of drug-likeness (QED) is 0.770. The van der Waals surface area contributed by atoms with Crippen LogP contribution in [-0.4, -0.2) is 10.9 Å². The highest BCUT2D eigenvalue weighted by molar-refractivity contribution is 5.99. The molecule has 20 heavy (non-hydrogen) atoms. The summed E-state index contributed by atoms with van der Waals surface area (Å²) in [5.74, 6) is 0.430. The largest absolute Gasteiger partial charge is 0.385 e. The molecule has 1 aliphatic rings. The Morgan fingerprint density at radius 2 is 1.50 bits per heavy atom. The molecule has 0 atom stereocenters. The zero-order valence-electron chi connectivity index (χ0n) is 12.3. The molecule has 1 aromatic heterocycles. The highest BCUT2D eigenvalue weighted by Gasteiger charge is 2.21. The number of primary amides is 1. The van der Waals surface area contributed by atoms with E-state index in [2.05, 4.69) is 4.98 Å². The Morgan fingerprint density at radius 3 is 2.00 bits per heavy atom. The molecule has 0 aliphatic heterocycles. The maximum atomic E-state index is 11.6. The van der Waals surface area contributed by atoms with Gasteiger partial charge in [-0.05, 0) is 24.3 Å². The fourth-order valence-corrected chi connectivity index (χ4v) is 3.35. The molecule has 1 aliphatic carbocycles. The van der Waals surface area contributed by atoms with Crippen LogP contribution in [0.15, 0.2) is 6.20 Å². The van der Waals surface area contributed by atoms with E-state index >= 15 is 0 Å². The van der Waals surface area contributed by atoms with Crippen LogP contribution < -0.4 is 11.5 Å². The number of H-pyrrole nitrogens is 1. The first-order valence-electron chi connectivity index (χ1n) is 7.96. The topological polar surface area (TPSA) is 84.9 Å². The Bertz CT molecular complexity index is 427. The highest BCUT2D eigenvalue weighted by Crippen LogP contribution is 2.33. The molecule has 1 saturated carbocycles. The van der Waals surface area contributed by atoms with Crippen molar-refractivity contribution < 1.29 is 4.79 Å². The number of hydrogen-bond acceptors (Lipinski definition) is 2. The first kappa shape index (κ1) is 14.9. The van der Waals surface area contributed by atoms with Gasteiger partial charge >= 0.3 is 0 Å². The molecule has 1 fully saturated rings. The summed E-state index contributed by atoms with van der Waals surface area (Å²) in [6, 6.07) is 0. The van der Waals surface area contributed by atoms with E-state index < -0.39 is 5.91 Å². The van der Waals surface area contributed by atoms with Crippen molar-refractivity contribution in [2.24, 2.45) is 5.73 Å². The number of aromatic nitrogens is 1. The van der Waals surface area contributed by atoms with Crippen LogP contribution >= 0.6 is 0 Å². The lowest BCUT2D eigenvalue weighted by Crippen LogP contribution is -2.16. The van der Waals surface area contributed by atoms with Gasteiger partial charge in [0.15, 0.2) is 0 Å². The van der Waals surface area contributed by atoms with Gasteiger partial charge in [0.2, 0.25) is 0 Å². The van der Waals surface area contributed by atoms with Crippen molar-refractivity contribution >= 4 is 11.7 Å². The normalized spacial score (nSPS) is 19.4. The number of hydrogen-bond donors (Lipinski definition) is 3. The lowest BCUT2D eigenvalue weighted by Gasteiger charge is -2.17. The van der Waals surface area contributed by atoms with Gasteiger partial charge in [0.25, 0.3) is 5.91 Å². The van der Waals surface area contributed by atoms with Gasteiger partial charge in [0, 0.05) is 6.20 Å². The van der Waals surface area contributed by atoms with E-state index in [0.29, 0.717) is 17.3 Å². The van der Waals surface area contributed by atoms with E-state index in [0.717, 1.165) is 18.4 Å². The van der Waals surface area contributed by atoms with E-state index in [1.165, 1.54) is 51.4 Å². The summed E-state index contributed by atoms with van der Waals surface area (Å²) in [7, 11) is 0. The lowest BCUT2D eigenvalue weighted by molar-refractivity contribution is 0.1000. The highest BCUT2D eigenvalue weighted by atomic mass is 16.1. The van der Waals surface area contributed by atoms with Crippen LogP contribution in [0.4, 0.5) is 5.82 Å². The Hall–Kier alpha value is -1.45. The summed E-state index contributed by atoms with van der Waals surface area (Å²) in [5, 5.41) is 0. The van der Waals surface area contributed by atoms with Crippen molar-refractivity contribution in [1.29, 1.82) is 0 Å². The molecule has 0 aromatic carbocycles. The molecular formula is C16H27N3O. The van der Waals surface area contributed by atoms with Crippen LogP contribution in [0.25, 0.3) is 0 Å². The average Bonchev–Trinajstić information content (AvgIpc) is 2.76. The lowest BCUT2D eigenvalue weighted by atomic mass is 9.88. The number of amides is 1. The van der Waals surface area contributed by atoms with Crippen LogP contribution in [0.2, 0.25) is 0 Å². The van der Waals surface area contributed by atoms with Gasteiger partial charge in [-0.25, -0.2) is 0 Å². The summed E-state index contributed by atoms with van der Waals surface area (Å²) in [4.78, 5) is 14.6. The molecule has 0 saturated heterocycles. The van der Waals surface area contributed by atoms with E-state index in [1.54, 1.807) is 0 Å². The van der Waals surface area contributed by atoms with E-state index in [-0.39, 0.29) is 0 Å². The van der Waals surface area contributed by atoms with Crippen molar-refractivity contribution in [3.05, 3.63) is 17.3 Å². The Kier molecular flexibility index (Phi) is 5.50. The molecule has 0 radical (unpaired) electrons. The van der Waals surface area contributed by atoms with Crippen LogP contribution in [0.1, 0.15) is 86.0 Å². The monoisotopic (exact) mass is 277 g/mol. The molecule has 1 heterocycles. The van der Waals surface area contributed by atoms with Crippen molar-refractivity contribution in [1.82, 2.24) is 4.98 Å². The molecule has 4 heteroatoms. The molecule has 112 valence electrons. The fourth-order valence-electron chi connectivity index (χ4n) is 3.35. The number of anilines is 1. The predicted molar refractivity (Wildman–Crippen MR) is 82.6 cm³/mol. The third kappa shape index (κ3) is 3.78. The van der Waals surface area contributed by atoms with Crippen LogP contribution in [-0.2, 0) is 0 Å². The summed E-state index contributed by atoms with van der Waals surface area (Å²) < 4.78 is 0. The van der Waals surface area contributed by atoms with Gasteiger partial charge in [-0.15, -0.1) is 0 Å². The number of carbonyl (C=O) groups excluding carboxylic acids is 1. The zero-order chi connectivity index (χ0) is 14.4. The van der Waals surface area contributed by atoms with E-state index in [1.807, 2.05) is 6.20 Å². The van der Waals surface area contributed by atoms with Crippen molar-refractivity contribution in [3.63, 3.8) is 0 Å². The molecule has 5 N–H and O–H groups in total. The van der Waals surface area contributed by atoms with E-state index in [4.69, 9.17) is 11.5 Å². The smallest absolute Gasteiger partial charge is 0.252 e. The third-order valence-electron chi connectivity index (χ3n) is 4.48. The molecule has 0 spiro atoms. The second kappa shape index (κ2) is 7.36. The minimum atomic E-state index is -0.409. The van der Waals surface area contributed by atoms with E-state index in [9.17, 15) is 4.79 Å². The first-order chi connectivity index (χ1) is 9.70. The molecular weight excluding hydrogens is 250 g/mol. The Labute approximate surface area is 121 Å². The van der Waals surface area contributed by atoms with Gasteiger partial charge in [0.05, 0.1) is 5.56 Å².